The molecule has 3 N–H and O–H groups in total. The lowest BCUT2D eigenvalue weighted by atomic mass is 9.87. The van der Waals surface area contributed by atoms with Crippen LogP contribution in [0.2, 0.25) is 0 Å². The molecule has 1 heterocycles. The summed E-state index contributed by atoms with van der Waals surface area (Å²) in [6.45, 7) is 7.64. The topological polar surface area (TPSA) is 114 Å². The Balaban J connectivity index is 2.29. The van der Waals surface area contributed by atoms with E-state index in [1.54, 1.807) is 26.0 Å². The molecule has 1 aliphatic rings. The highest BCUT2D eigenvalue weighted by atomic mass is 32.3. The van der Waals surface area contributed by atoms with Crippen LogP contribution >= 0.6 is 10.6 Å². The summed E-state index contributed by atoms with van der Waals surface area (Å²) in [4.78, 5) is 25.7. The number of carbonyl (C=O) groups is 2. The molecule has 2 atom stereocenters. The highest BCUT2D eigenvalue weighted by Gasteiger charge is 2.42. The van der Waals surface area contributed by atoms with E-state index in [0.717, 1.165) is 24.8 Å². The maximum atomic E-state index is 12.7. The summed E-state index contributed by atoms with van der Waals surface area (Å²) in [5.41, 5.74) is 1.19. The smallest absolute Gasteiger partial charge is 0.345 e. The average Bonchev–Trinajstić information content (AvgIpc) is 3.02. The number of rotatable bonds is 11. The molecule has 39 heavy (non-hydrogen) atoms. The molecule has 0 aliphatic carbocycles. The zero-order valence-corrected chi connectivity index (χ0v) is 24.3. The first-order valence-corrected chi connectivity index (χ1v) is 15.2. The SMILES string of the molecule is CCCC[C@]1(CC)CS(O)(O)c2cc(C=C(C(=O)OCC)C(=O)OCC)c(OC)cc2[C@@H](c2ccccc2)N1. The van der Waals surface area contributed by atoms with Gasteiger partial charge in [0.2, 0.25) is 0 Å². The predicted octanol–water partition coefficient (Wildman–Crippen LogP) is 6.35. The van der Waals surface area contributed by atoms with Gasteiger partial charge in [-0.25, -0.2) is 9.59 Å². The molecule has 2 aromatic rings. The van der Waals surface area contributed by atoms with Crippen molar-refractivity contribution in [1.29, 1.82) is 0 Å². The van der Waals surface area contributed by atoms with Crippen LogP contribution in [-0.2, 0) is 19.1 Å². The minimum absolute atomic E-state index is 0.0821. The summed E-state index contributed by atoms with van der Waals surface area (Å²) in [5, 5.41) is 3.81. The molecule has 9 heteroatoms. The van der Waals surface area contributed by atoms with Crippen molar-refractivity contribution in [3.8, 4) is 5.75 Å². The van der Waals surface area contributed by atoms with Gasteiger partial charge in [-0.1, -0.05) is 57.0 Å². The van der Waals surface area contributed by atoms with Crippen LogP contribution in [0, 0.1) is 0 Å². The molecule has 8 nitrogen and oxygen atoms in total. The normalized spacial score (nSPS) is 20.6. The highest BCUT2D eigenvalue weighted by Crippen LogP contribution is 2.58. The number of unbranched alkanes of at least 4 members (excludes halogenated alkanes) is 1. The fourth-order valence-corrected chi connectivity index (χ4v) is 7.23. The minimum Gasteiger partial charge on any atom is -0.496 e. The first kappa shape index (κ1) is 30.7. The number of nitrogens with one attached hydrogen (secondary N) is 1. The van der Waals surface area contributed by atoms with Gasteiger partial charge in [0.15, 0.2) is 0 Å². The van der Waals surface area contributed by atoms with Crippen LogP contribution in [0.1, 0.15) is 76.1 Å². The molecule has 0 spiro atoms. The van der Waals surface area contributed by atoms with Gasteiger partial charge in [-0.3, -0.25) is 14.4 Å². The Labute approximate surface area is 233 Å². The van der Waals surface area contributed by atoms with Crippen LogP contribution in [0.4, 0.5) is 0 Å². The van der Waals surface area contributed by atoms with E-state index in [1.807, 2.05) is 30.3 Å². The second-order valence-corrected chi connectivity index (χ2v) is 11.7. The second-order valence-electron chi connectivity index (χ2n) is 9.67. The lowest BCUT2D eigenvalue weighted by molar-refractivity contribution is -0.146. The van der Waals surface area contributed by atoms with Gasteiger partial charge >= 0.3 is 11.9 Å². The van der Waals surface area contributed by atoms with E-state index in [4.69, 9.17) is 14.2 Å². The zero-order chi connectivity index (χ0) is 28.6. The van der Waals surface area contributed by atoms with E-state index >= 15 is 0 Å². The maximum absolute atomic E-state index is 12.7. The van der Waals surface area contributed by atoms with Crippen molar-refractivity contribution in [3.05, 3.63) is 64.7 Å². The average molecular weight is 560 g/mol. The van der Waals surface area contributed by atoms with E-state index in [9.17, 15) is 18.7 Å². The van der Waals surface area contributed by atoms with E-state index in [-0.39, 0.29) is 30.6 Å². The van der Waals surface area contributed by atoms with Crippen molar-refractivity contribution in [2.75, 3.05) is 26.1 Å². The Kier molecular flexibility index (Phi) is 10.6. The quantitative estimate of drug-likeness (QED) is 0.126. The van der Waals surface area contributed by atoms with E-state index in [2.05, 4.69) is 19.2 Å². The fraction of sp³-hybridized carbons (Fsp3) is 0.467. The first-order valence-electron chi connectivity index (χ1n) is 13.5. The monoisotopic (exact) mass is 559 g/mol. The van der Waals surface area contributed by atoms with Crippen LogP contribution in [0.3, 0.4) is 0 Å². The molecule has 0 aromatic heterocycles. The number of fused-ring (bicyclic) bond motifs is 1. The van der Waals surface area contributed by atoms with Gasteiger partial charge < -0.3 is 14.2 Å². The van der Waals surface area contributed by atoms with Gasteiger partial charge in [-0.2, -0.15) is 10.6 Å². The lowest BCUT2D eigenvalue weighted by Crippen LogP contribution is -2.49. The number of esters is 2. The van der Waals surface area contributed by atoms with Gasteiger partial charge in [0.1, 0.15) is 11.3 Å². The van der Waals surface area contributed by atoms with Gasteiger partial charge in [0.05, 0.1) is 37.0 Å². The van der Waals surface area contributed by atoms with Gasteiger partial charge in [0, 0.05) is 16.7 Å². The number of hydrogen-bond donors (Lipinski definition) is 3. The van der Waals surface area contributed by atoms with Crippen molar-refractivity contribution >= 4 is 28.6 Å². The van der Waals surface area contributed by atoms with Crippen molar-refractivity contribution < 1.29 is 32.9 Å². The third-order valence-corrected chi connectivity index (χ3v) is 9.08. The molecule has 3 rings (SSSR count). The Hall–Kier alpha value is -2.85. The fourth-order valence-electron chi connectivity index (χ4n) is 5.00. The zero-order valence-electron chi connectivity index (χ0n) is 23.5. The van der Waals surface area contributed by atoms with Crippen molar-refractivity contribution in [1.82, 2.24) is 5.32 Å². The summed E-state index contributed by atoms with van der Waals surface area (Å²) in [6, 6.07) is 12.9. The number of hydrogen-bond acceptors (Lipinski definition) is 8. The van der Waals surface area contributed by atoms with E-state index in [0.29, 0.717) is 28.2 Å². The molecule has 2 aromatic carbocycles. The predicted molar refractivity (Wildman–Crippen MR) is 154 cm³/mol. The molecule has 0 amide bonds. The Morgan fingerprint density at radius 2 is 1.69 bits per heavy atom. The second kappa shape index (κ2) is 13.5. The third kappa shape index (κ3) is 7.03. The van der Waals surface area contributed by atoms with Gasteiger partial charge in [-0.15, -0.1) is 0 Å². The maximum Gasteiger partial charge on any atom is 0.345 e. The molecular weight excluding hydrogens is 518 g/mol. The molecule has 1 aliphatic heterocycles. The first-order chi connectivity index (χ1) is 18.6. The highest BCUT2D eigenvalue weighted by molar-refractivity contribution is 8.24. The van der Waals surface area contributed by atoms with Gasteiger partial charge in [0.25, 0.3) is 0 Å². The standard InChI is InChI=1S/C30H41NO7S/c1-6-10-16-30(7-2)20-39(34,35)26-18-22(17-24(28(32)37-8-3)29(33)38-9-4)25(36-5)19-23(26)27(31-30)21-14-12-11-13-15-21/h11-15,17-19,27,31,34-35H,6-10,16,20H2,1-5H3/t27-,30-/m1/s1. The number of carbonyl (C=O) groups excluding carboxylic acids is 2. The van der Waals surface area contributed by atoms with Crippen LogP contribution < -0.4 is 10.1 Å². The summed E-state index contributed by atoms with van der Waals surface area (Å²) in [5.74, 6) is -1.14. The largest absolute Gasteiger partial charge is 0.496 e. The van der Waals surface area contributed by atoms with Crippen molar-refractivity contribution in [2.24, 2.45) is 0 Å². The van der Waals surface area contributed by atoms with Crippen LogP contribution in [-0.4, -0.2) is 52.7 Å². The van der Waals surface area contributed by atoms with Crippen molar-refractivity contribution in [3.63, 3.8) is 0 Å². The van der Waals surface area contributed by atoms with E-state index in [1.165, 1.54) is 13.2 Å². The third-order valence-electron chi connectivity index (χ3n) is 7.06. The molecule has 0 saturated carbocycles. The minimum atomic E-state index is -3.29. The number of ether oxygens (including phenoxy) is 3. The molecule has 0 radical (unpaired) electrons. The van der Waals surface area contributed by atoms with Crippen molar-refractivity contribution in [2.45, 2.75) is 69.9 Å². The molecule has 214 valence electrons. The molecular formula is C30H41NO7S. The Morgan fingerprint density at radius 3 is 2.23 bits per heavy atom. The van der Waals surface area contributed by atoms with Crippen LogP contribution in [0.5, 0.6) is 5.75 Å². The lowest BCUT2D eigenvalue weighted by Gasteiger charge is -2.42. The number of methoxy groups -OCH3 is 1. The molecule has 0 bridgehead atoms. The molecule has 0 unspecified atom stereocenters. The molecule has 0 fully saturated rings. The van der Waals surface area contributed by atoms with Gasteiger partial charge in [-0.05, 0) is 50.5 Å². The summed E-state index contributed by atoms with van der Waals surface area (Å²) in [6.07, 6.45) is 4.75. The molecule has 0 saturated heterocycles. The van der Waals surface area contributed by atoms with Crippen LogP contribution in [0.25, 0.3) is 6.08 Å². The Morgan fingerprint density at radius 1 is 1.05 bits per heavy atom. The van der Waals surface area contributed by atoms with E-state index < -0.39 is 28.1 Å². The summed E-state index contributed by atoms with van der Waals surface area (Å²) < 4.78 is 39.3. The summed E-state index contributed by atoms with van der Waals surface area (Å²) in [7, 11) is -1.80. The summed E-state index contributed by atoms with van der Waals surface area (Å²) >= 11 is 0. The Bertz CT molecular complexity index is 1160. The number of benzene rings is 2. The van der Waals surface area contributed by atoms with Crippen LogP contribution in [0.15, 0.2) is 52.9 Å².